The highest BCUT2D eigenvalue weighted by molar-refractivity contribution is 6.34. The fourth-order valence-corrected chi connectivity index (χ4v) is 1.56. The van der Waals surface area contributed by atoms with Crippen LogP contribution in [0, 0.1) is 11.8 Å². The number of hydrogen-bond acceptors (Lipinski definition) is 3. The number of rotatable bonds is 7. The van der Waals surface area contributed by atoms with Gasteiger partial charge < -0.3 is 4.74 Å². The van der Waals surface area contributed by atoms with Gasteiger partial charge >= 0.3 is 5.97 Å². The first-order valence-corrected chi connectivity index (χ1v) is 5.81. The van der Waals surface area contributed by atoms with Crippen LogP contribution in [0.5, 0.6) is 0 Å². The van der Waals surface area contributed by atoms with Crippen LogP contribution in [-0.2, 0) is 14.3 Å². The van der Waals surface area contributed by atoms with E-state index in [0.717, 1.165) is 12.8 Å². The molecule has 0 aromatic carbocycles. The van der Waals surface area contributed by atoms with Crippen molar-refractivity contribution in [1.29, 1.82) is 0 Å². The Morgan fingerprint density at radius 1 is 1.31 bits per heavy atom. The van der Waals surface area contributed by atoms with Crippen molar-refractivity contribution >= 4 is 11.8 Å². The Morgan fingerprint density at radius 2 is 1.88 bits per heavy atom. The molecule has 2 atom stereocenters. The zero-order valence-electron chi connectivity index (χ0n) is 10.7. The van der Waals surface area contributed by atoms with Gasteiger partial charge in [0.2, 0.25) is 5.78 Å². The SMILES string of the molecule is C=C[C@H](CCC)[C@@H](C)C(=O)C(=O)OC(C)C. The molecule has 0 aliphatic rings. The molecule has 0 saturated heterocycles. The Bertz CT molecular complexity index is 256. The van der Waals surface area contributed by atoms with Crippen molar-refractivity contribution in [1.82, 2.24) is 0 Å². The maximum atomic E-state index is 11.7. The molecule has 0 fully saturated rings. The lowest BCUT2D eigenvalue weighted by atomic mass is 9.87. The molecule has 0 N–H and O–H groups in total. The second-order valence-corrected chi connectivity index (χ2v) is 4.30. The fraction of sp³-hybridized carbons (Fsp3) is 0.692. The van der Waals surface area contributed by atoms with E-state index in [2.05, 4.69) is 6.58 Å². The summed E-state index contributed by atoms with van der Waals surface area (Å²) in [6.07, 6.45) is 3.32. The zero-order chi connectivity index (χ0) is 12.7. The average molecular weight is 226 g/mol. The van der Waals surface area contributed by atoms with Gasteiger partial charge in [0.1, 0.15) is 0 Å². The maximum Gasteiger partial charge on any atom is 0.375 e. The molecule has 0 radical (unpaired) electrons. The summed E-state index contributed by atoms with van der Waals surface area (Å²) in [5.41, 5.74) is 0. The number of ketones is 1. The van der Waals surface area contributed by atoms with E-state index in [1.807, 2.05) is 6.92 Å². The molecule has 0 aliphatic heterocycles. The number of carbonyl (C=O) groups excluding carboxylic acids is 2. The van der Waals surface area contributed by atoms with Crippen molar-refractivity contribution in [3.63, 3.8) is 0 Å². The van der Waals surface area contributed by atoms with Gasteiger partial charge in [-0.3, -0.25) is 4.79 Å². The molecule has 0 heterocycles. The van der Waals surface area contributed by atoms with Gasteiger partial charge in [0.25, 0.3) is 0 Å². The van der Waals surface area contributed by atoms with E-state index in [9.17, 15) is 9.59 Å². The lowest BCUT2D eigenvalue weighted by Gasteiger charge is -2.18. The molecule has 0 bridgehead atoms. The van der Waals surface area contributed by atoms with E-state index in [1.54, 1.807) is 26.8 Å². The van der Waals surface area contributed by atoms with E-state index in [-0.39, 0.29) is 17.9 Å². The minimum absolute atomic E-state index is 0.0530. The Kier molecular flexibility index (Phi) is 6.70. The molecule has 0 unspecified atom stereocenters. The second kappa shape index (κ2) is 7.20. The van der Waals surface area contributed by atoms with Crippen LogP contribution >= 0.6 is 0 Å². The number of esters is 1. The standard InChI is InChI=1S/C13H22O3/c1-6-8-11(7-2)10(5)12(14)13(15)16-9(3)4/h7,9-11H,2,6,8H2,1,3-5H3/t10-,11-/m1/s1. The molecule has 16 heavy (non-hydrogen) atoms. The summed E-state index contributed by atoms with van der Waals surface area (Å²) in [6, 6.07) is 0. The Balaban J connectivity index is 4.46. The van der Waals surface area contributed by atoms with Gasteiger partial charge in [-0.1, -0.05) is 26.3 Å². The highest BCUT2D eigenvalue weighted by atomic mass is 16.5. The monoisotopic (exact) mass is 226 g/mol. The van der Waals surface area contributed by atoms with Gasteiger partial charge in [-0.05, 0) is 26.2 Å². The normalized spacial score (nSPS) is 14.3. The first-order valence-electron chi connectivity index (χ1n) is 5.81. The largest absolute Gasteiger partial charge is 0.457 e. The average Bonchev–Trinajstić information content (AvgIpc) is 2.22. The lowest BCUT2D eigenvalue weighted by Crippen LogP contribution is -2.30. The molecular formula is C13H22O3. The third kappa shape index (κ3) is 4.60. The van der Waals surface area contributed by atoms with Gasteiger partial charge in [-0.2, -0.15) is 0 Å². The maximum absolute atomic E-state index is 11.7. The number of hydrogen-bond donors (Lipinski definition) is 0. The Labute approximate surface area is 97.9 Å². The summed E-state index contributed by atoms with van der Waals surface area (Å²) in [5.74, 6) is -1.47. The third-order valence-electron chi connectivity index (χ3n) is 2.52. The third-order valence-corrected chi connectivity index (χ3v) is 2.52. The first-order chi connectivity index (χ1) is 7.43. The fourth-order valence-electron chi connectivity index (χ4n) is 1.56. The van der Waals surface area contributed by atoms with E-state index in [4.69, 9.17) is 4.74 Å². The molecule has 0 rings (SSSR count). The number of carbonyl (C=O) groups is 2. The van der Waals surface area contributed by atoms with Crippen LogP contribution in [-0.4, -0.2) is 17.9 Å². The predicted octanol–water partition coefficient (Wildman–Crippen LogP) is 2.75. The molecule has 3 heteroatoms. The van der Waals surface area contributed by atoms with E-state index < -0.39 is 11.8 Å². The number of allylic oxidation sites excluding steroid dienone is 1. The highest BCUT2D eigenvalue weighted by Crippen LogP contribution is 2.20. The van der Waals surface area contributed by atoms with Crippen LogP contribution in [0.15, 0.2) is 12.7 Å². The summed E-state index contributed by atoms with van der Waals surface area (Å²) in [5, 5.41) is 0. The zero-order valence-corrected chi connectivity index (χ0v) is 10.7. The van der Waals surface area contributed by atoms with Gasteiger partial charge in [-0.15, -0.1) is 6.58 Å². The smallest absolute Gasteiger partial charge is 0.375 e. The molecular weight excluding hydrogens is 204 g/mol. The van der Waals surface area contributed by atoms with Crippen LogP contribution in [0.3, 0.4) is 0 Å². The number of ether oxygens (including phenoxy) is 1. The summed E-state index contributed by atoms with van der Waals surface area (Å²) in [6.45, 7) is 11.0. The minimum atomic E-state index is -0.731. The van der Waals surface area contributed by atoms with Crippen LogP contribution in [0.1, 0.15) is 40.5 Å². The summed E-state index contributed by atoms with van der Waals surface area (Å²) in [7, 11) is 0. The molecule has 0 aromatic heterocycles. The van der Waals surface area contributed by atoms with Crippen LogP contribution in [0.25, 0.3) is 0 Å². The quantitative estimate of drug-likeness (QED) is 0.381. The predicted molar refractivity (Wildman–Crippen MR) is 64.0 cm³/mol. The molecule has 0 spiro atoms. The van der Waals surface area contributed by atoms with E-state index in [1.165, 1.54) is 0 Å². The van der Waals surface area contributed by atoms with E-state index >= 15 is 0 Å². The van der Waals surface area contributed by atoms with Crippen molar-refractivity contribution in [2.45, 2.75) is 46.6 Å². The molecule has 0 aliphatic carbocycles. The molecule has 92 valence electrons. The minimum Gasteiger partial charge on any atom is -0.457 e. The molecule has 0 aromatic rings. The topological polar surface area (TPSA) is 43.4 Å². The summed E-state index contributed by atoms with van der Waals surface area (Å²) >= 11 is 0. The van der Waals surface area contributed by atoms with Crippen LogP contribution in [0.4, 0.5) is 0 Å². The summed E-state index contributed by atoms with van der Waals surface area (Å²) in [4.78, 5) is 23.1. The first kappa shape index (κ1) is 14.9. The summed E-state index contributed by atoms with van der Waals surface area (Å²) < 4.78 is 4.88. The van der Waals surface area contributed by atoms with Crippen LogP contribution in [0.2, 0.25) is 0 Å². The van der Waals surface area contributed by atoms with Crippen LogP contribution < -0.4 is 0 Å². The van der Waals surface area contributed by atoms with Crippen molar-refractivity contribution in [2.75, 3.05) is 0 Å². The van der Waals surface area contributed by atoms with E-state index in [0.29, 0.717) is 0 Å². The second-order valence-electron chi connectivity index (χ2n) is 4.30. The van der Waals surface area contributed by atoms with Gasteiger partial charge in [0, 0.05) is 5.92 Å². The Hall–Kier alpha value is -1.12. The Morgan fingerprint density at radius 3 is 2.25 bits per heavy atom. The molecule has 0 saturated carbocycles. The lowest BCUT2D eigenvalue weighted by molar-refractivity contribution is -0.158. The van der Waals surface area contributed by atoms with Gasteiger partial charge in [-0.25, -0.2) is 4.79 Å². The van der Waals surface area contributed by atoms with Crippen molar-refractivity contribution in [3.05, 3.63) is 12.7 Å². The molecule has 3 nitrogen and oxygen atoms in total. The molecule has 0 amide bonds. The number of Topliss-reactive ketones (excluding diaryl/α,β-unsaturated/α-hetero) is 1. The highest BCUT2D eigenvalue weighted by Gasteiger charge is 2.28. The van der Waals surface area contributed by atoms with Crippen molar-refractivity contribution < 1.29 is 14.3 Å². The van der Waals surface area contributed by atoms with Gasteiger partial charge in [0.15, 0.2) is 0 Å². The van der Waals surface area contributed by atoms with Gasteiger partial charge in [0.05, 0.1) is 6.10 Å². The van der Waals surface area contributed by atoms with Crippen molar-refractivity contribution in [2.24, 2.45) is 11.8 Å². The van der Waals surface area contributed by atoms with Crippen molar-refractivity contribution in [3.8, 4) is 0 Å².